The largest absolute Gasteiger partial charge is 0.508 e. The molecule has 0 bridgehead atoms. The molecule has 0 unspecified atom stereocenters. The molecule has 616 valence electrons. The third kappa shape index (κ3) is 22.9. The standard InChI is InChI=1S/C17H11N3O2.C13H11N3O2.C12H8FN3O2.C12H9N3O3.C12H9N3O2.C11H6ClN3O.C11H7N3O2/c18-10-15-16(19-11-20-17(15)21)12-6-8-14(9-7-12)22-13-4-2-1-3-5-13;1-8-5-9(3-4-11(8)18-2)12-10(6-14)13(17)16-7-15-12;1-18-10-3-2-7(4-9(10)13)11-8(5-14)12(17)16-6-15-11;1-18-10-3-2-7(4-9(10)16)11-8(5-13)12(17)15-6-14-11;1-17-10-5-3-2-4-8(10)11-9(6-13)12(16)15-7-14-11;12-8-3-1-2-7(4-8)10-9(5-13)11(16)15-6-14-10;12-5-9-10(13-6-14-11(9)16)7-1-3-8(15)4-2-7/h1-9,11H,(H,19,20,21);3-5,7H,1-2H3,(H,15,16,17);2-4,6H,1H3,(H,15,16,17);2-4,6,16H,1H3,(H,14,15,17);2-5,7H,1H3,(H,14,15,16);1-4,6H,(H,14,15,16);1-4,6,15H,(H,13,14,16). The number of ether oxygens (including phenoxy) is 5. The number of aromatic amines is 7. The summed E-state index contributed by atoms with van der Waals surface area (Å²) in [7, 11) is 5.90. The molecule has 35 nitrogen and oxygen atoms in total. The van der Waals surface area contributed by atoms with Crippen LogP contribution in [0.3, 0.4) is 0 Å². The van der Waals surface area contributed by atoms with Crippen LogP contribution in [0.25, 0.3) is 78.8 Å². The second kappa shape index (κ2) is 43.9. The zero-order valence-electron chi connectivity index (χ0n) is 65.7. The second-order valence-electron chi connectivity index (χ2n) is 24.6. The summed E-state index contributed by atoms with van der Waals surface area (Å²) < 4.78 is 39.3. The van der Waals surface area contributed by atoms with Crippen molar-refractivity contribution in [2.75, 3.05) is 28.4 Å². The van der Waals surface area contributed by atoms with Gasteiger partial charge in [0, 0.05) is 44.0 Å². The third-order valence-corrected chi connectivity index (χ3v) is 17.2. The number of aromatic hydroxyl groups is 2. The third-order valence-electron chi connectivity index (χ3n) is 17.0. The van der Waals surface area contributed by atoms with E-state index in [0.29, 0.717) is 84.1 Å². The van der Waals surface area contributed by atoms with E-state index < -0.39 is 44.7 Å². The Bertz CT molecular complexity index is 6930. The van der Waals surface area contributed by atoms with Gasteiger partial charge in [-0.1, -0.05) is 54.1 Å². The number of nitrogens with zero attached hydrogens (tertiary/aromatic N) is 14. The Kier molecular flexibility index (Phi) is 31.7. The number of halogens is 2. The van der Waals surface area contributed by atoms with Crippen LogP contribution in [0.1, 0.15) is 44.5 Å². The molecule has 0 amide bonds. The molecule has 7 heterocycles. The molecule has 15 rings (SSSR count). The van der Waals surface area contributed by atoms with Crippen LogP contribution < -0.4 is 62.6 Å². The molecule has 0 fully saturated rings. The van der Waals surface area contributed by atoms with Crippen molar-refractivity contribution in [3.05, 3.63) is 354 Å². The van der Waals surface area contributed by atoms with Gasteiger partial charge >= 0.3 is 0 Å². The molecule has 0 aliphatic rings. The lowest BCUT2D eigenvalue weighted by molar-refractivity contribution is 0.373. The summed E-state index contributed by atoms with van der Waals surface area (Å²) in [5.41, 5.74) is 3.47. The van der Waals surface area contributed by atoms with E-state index in [0.717, 1.165) is 22.6 Å². The zero-order chi connectivity index (χ0) is 90.1. The number of methoxy groups -OCH3 is 4. The Labute approximate surface area is 709 Å². The summed E-state index contributed by atoms with van der Waals surface area (Å²) in [5.74, 6) is 2.57. The van der Waals surface area contributed by atoms with Crippen molar-refractivity contribution in [1.29, 1.82) is 36.8 Å². The van der Waals surface area contributed by atoms with Gasteiger partial charge in [0.2, 0.25) is 0 Å². The normalized spacial score (nSPS) is 9.79. The van der Waals surface area contributed by atoms with Gasteiger partial charge in [-0.2, -0.15) is 36.8 Å². The molecule has 7 aromatic heterocycles. The minimum atomic E-state index is -0.582. The maximum absolute atomic E-state index is 13.6. The van der Waals surface area contributed by atoms with Crippen molar-refractivity contribution in [2.24, 2.45) is 0 Å². The summed E-state index contributed by atoms with van der Waals surface area (Å²) in [4.78, 5) is 125. The van der Waals surface area contributed by atoms with Crippen molar-refractivity contribution < 1.29 is 38.3 Å². The minimum absolute atomic E-state index is 0.000715. The van der Waals surface area contributed by atoms with Crippen molar-refractivity contribution in [1.82, 2.24) is 69.8 Å². The number of para-hydroxylation sites is 2. The van der Waals surface area contributed by atoms with Gasteiger partial charge in [-0.15, -0.1) is 0 Å². The Hall–Kier alpha value is -18.8. The van der Waals surface area contributed by atoms with E-state index in [2.05, 4.69) is 69.8 Å². The molecular formula is C88H61ClFN21O14. The first-order valence-corrected chi connectivity index (χ1v) is 36.1. The number of rotatable bonds is 13. The number of nitrogens with one attached hydrogen (secondary N) is 7. The number of H-pyrrole nitrogens is 7. The number of hydrogen-bond donors (Lipinski definition) is 9. The minimum Gasteiger partial charge on any atom is -0.508 e. The van der Waals surface area contributed by atoms with Gasteiger partial charge in [0.15, 0.2) is 23.1 Å². The zero-order valence-corrected chi connectivity index (χ0v) is 66.4. The van der Waals surface area contributed by atoms with Gasteiger partial charge in [-0.25, -0.2) is 39.3 Å². The number of aromatic nitrogens is 14. The van der Waals surface area contributed by atoms with Crippen LogP contribution in [0.4, 0.5) is 4.39 Å². The van der Waals surface area contributed by atoms with E-state index in [1.165, 1.54) is 108 Å². The molecule has 0 atom stereocenters. The van der Waals surface area contributed by atoms with Crippen LogP contribution in [0.5, 0.6) is 46.0 Å². The Morgan fingerprint density at radius 2 is 0.632 bits per heavy atom. The summed E-state index contributed by atoms with van der Waals surface area (Å²) in [6.45, 7) is 1.89. The number of phenols is 2. The van der Waals surface area contributed by atoms with Crippen molar-refractivity contribution in [3.63, 3.8) is 0 Å². The number of benzene rings is 8. The fourth-order valence-electron chi connectivity index (χ4n) is 11.1. The highest BCUT2D eigenvalue weighted by Gasteiger charge is 2.19. The van der Waals surface area contributed by atoms with E-state index >= 15 is 0 Å². The van der Waals surface area contributed by atoms with Crippen LogP contribution in [0.2, 0.25) is 5.02 Å². The monoisotopic (exact) mass is 1690 g/mol. The van der Waals surface area contributed by atoms with Crippen molar-refractivity contribution in [2.45, 2.75) is 6.92 Å². The quantitative estimate of drug-likeness (QED) is 0.0518. The predicted molar refractivity (Wildman–Crippen MR) is 451 cm³/mol. The summed E-state index contributed by atoms with van der Waals surface area (Å²) in [6.07, 6.45) is 8.72. The maximum Gasteiger partial charge on any atom is 0.269 e. The number of nitriles is 7. The summed E-state index contributed by atoms with van der Waals surface area (Å²) in [6, 6.07) is 63.4. The molecule has 125 heavy (non-hydrogen) atoms. The number of hydrogen-bond acceptors (Lipinski definition) is 28. The van der Waals surface area contributed by atoms with Crippen LogP contribution >= 0.6 is 11.6 Å². The Morgan fingerprint density at radius 3 is 1.00 bits per heavy atom. The van der Waals surface area contributed by atoms with Crippen LogP contribution in [0, 0.1) is 92.1 Å². The van der Waals surface area contributed by atoms with E-state index in [1.807, 2.05) is 79.7 Å². The van der Waals surface area contributed by atoms with Crippen molar-refractivity contribution in [3.8, 4) is 167 Å². The molecule has 9 N–H and O–H groups in total. The average molecular weight is 1690 g/mol. The van der Waals surface area contributed by atoms with Crippen molar-refractivity contribution >= 4 is 11.6 Å². The van der Waals surface area contributed by atoms with Crippen LogP contribution in [0.15, 0.2) is 260 Å². The lowest BCUT2D eigenvalue weighted by Gasteiger charge is -2.07. The summed E-state index contributed by atoms with van der Waals surface area (Å²) in [5, 5.41) is 81.9. The fourth-order valence-corrected chi connectivity index (χ4v) is 11.3. The molecule has 0 aliphatic carbocycles. The van der Waals surface area contributed by atoms with E-state index in [4.69, 9.17) is 77.2 Å². The first-order valence-electron chi connectivity index (χ1n) is 35.7. The molecular weight excluding hydrogens is 1630 g/mol. The van der Waals surface area contributed by atoms with Crippen LogP contribution in [-0.2, 0) is 0 Å². The highest BCUT2D eigenvalue weighted by atomic mass is 35.5. The van der Waals surface area contributed by atoms with Gasteiger partial charge in [0.1, 0.15) is 110 Å². The molecule has 0 saturated heterocycles. The van der Waals surface area contributed by atoms with Gasteiger partial charge in [-0.3, -0.25) is 33.6 Å². The average Bonchev–Trinajstić information content (AvgIpc) is 0.752. The molecule has 37 heteroatoms. The van der Waals surface area contributed by atoms with Gasteiger partial charge in [0.25, 0.3) is 38.9 Å². The topological polar surface area (TPSA) is 573 Å². The van der Waals surface area contributed by atoms with E-state index in [1.54, 1.807) is 116 Å². The van der Waals surface area contributed by atoms with Gasteiger partial charge < -0.3 is 68.8 Å². The SMILES string of the molecule is COc1ccc(-c2nc[nH]c(=O)c2C#N)cc1C.COc1ccc(-c2nc[nH]c(=O)c2C#N)cc1F.COc1ccc(-c2nc[nH]c(=O)c2C#N)cc1O.COc1ccccc1-c1nc[nH]c(=O)c1C#N.N#Cc1c(-c2ccc(O)cc2)nc[nH]c1=O.N#Cc1c(-c2ccc(Oc3ccccc3)cc2)nc[nH]c1=O.N#Cc1c(-c2cccc(Cl)c2)nc[nH]c1=O. The molecule has 0 aliphatic heterocycles. The Morgan fingerprint density at radius 1 is 0.320 bits per heavy atom. The Balaban J connectivity index is 0.000000165. The highest BCUT2D eigenvalue weighted by molar-refractivity contribution is 6.30. The molecule has 15 aromatic rings. The molecule has 0 spiro atoms. The van der Waals surface area contributed by atoms with Gasteiger partial charge in [0.05, 0.1) is 113 Å². The predicted octanol–water partition coefficient (Wildman–Crippen LogP) is 11.5. The number of phenolic OH excluding ortho intramolecular Hbond substituents is 2. The molecule has 0 radical (unpaired) electrons. The maximum atomic E-state index is 13.6. The molecule has 0 saturated carbocycles. The summed E-state index contributed by atoms with van der Waals surface area (Å²) >= 11 is 5.83. The van der Waals surface area contributed by atoms with Gasteiger partial charge in [-0.05, 0) is 152 Å². The highest BCUT2D eigenvalue weighted by Crippen LogP contribution is 2.34. The smallest absolute Gasteiger partial charge is 0.269 e. The lowest BCUT2D eigenvalue weighted by Crippen LogP contribution is -2.12. The first kappa shape index (κ1) is 90.1. The lowest BCUT2D eigenvalue weighted by atomic mass is 10.0. The van der Waals surface area contributed by atoms with E-state index in [9.17, 15) is 43.1 Å². The van der Waals surface area contributed by atoms with Crippen LogP contribution in [-0.4, -0.2) is 108 Å². The van der Waals surface area contributed by atoms with E-state index in [-0.39, 0.29) is 67.6 Å². The second-order valence-corrected chi connectivity index (χ2v) is 25.0. The fraction of sp³-hybridized carbons (Fsp3) is 0.0568. The number of aryl methyl sites for hydroxylation is 1. The molecule has 8 aromatic carbocycles. The first-order chi connectivity index (χ1) is 60.5.